The number of hydrogen-bond acceptors (Lipinski definition) is 1. The van der Waals surface area contributed by atoms with Crippen molar-refractivity contribution in [2.45, 2.75) is 65.2 Å². The van der Waals surface area contributed by atoms with Gasteiger partial charge in [0, 0.05) is 12.8 Å². The van der Waals surface area contributed by atoms with Crippen LogP contribution in [-0.4, -0.2) is 5.78 Å². The van der Waals surface area contributed by atoms with Gasteiger partial charge in [-0.2, -0.15) is 0 Å². The Morgan fingerprint density at radius 2 is 1.64 bits per heavy atom. The van der Waals surface area contributed by atoms with Gasteiger partial charge in [-0.3, -0.25) is 4.79 Å². The van der Waals surface area contributed by atoms with Crippen LogP contribution in [0.1, 0.15) is 65.2 Å². The molecular formula is C13H24O. The second-order valence-electron chi connectivity index (χ2n) is 4.03. The van der Waals surface area contributed by atoms with E-state index in [4.69, 9.17) is 0 Å². The first-order chi connectivity index (χ1) is 6.70. The molecule has 0 N–H and O–H groups in total. The molecule has 0 aromatic carbocycles. The molecule has 0 aliphatic rings. The minimum atomic E-state index is 0.375. The smallest absolute Gasteiger partial charge is 0.136 e. The van der Waals surface area contributed by atoms with E-state index in [1.807, 2.05) is 0 Å². The third kappa shape index (κ3) is 8.03. The van der Waals surface area contributed by atoms with Crippen molar-refractivity contribution in [3.05, 3.63) is 12.2 Å². The lowest BCUT2D eigenvalue weighted by Gasteiger charge is -2.03. The zero-order valence-electron chi connectivity index (χ0n) is 9.77. The van der Waals surface area contributed by atoms with Gasteiger partial charge in [0.25, 0.3) is 0 Å². The molecule has 82 valence electrons. The molecule has 1 nitrogen and oxygen atoms in total. The molecule has 0 atom stereocenters. The highest BCUT2D eigenvalue weighted by atomic mass is 16.1. The van der Waals surface area contributed by atoms with E-state index in [1.54, 1.807) is 0 Å². The molecule has 0 heterocycles. The van der Waals surface area contributed by atoms with Crippen LogP contribution in [0.15, 0.2) is 12.2 Å². The second-order valence-corrected chi connectivity index (χ2v) is 4.03. The van der Waals surface area contributed by atoms with Gasteiger partial charge in [-0.15, -0.1) is 0 Å². The van der Waals surface area contributed by atoms with E-state index in [1.165, 1.54) is 25.7 Å². The largest absolute Gasteiger partial charge is 0.299 e. The molecule has 0 bridgehead atoms. The minimum Gasteiger partial charge on any atom is -0.299 e. The Morgan fingerprint density at radius 3 is 2.21 bits per heavy atom. The molecule has 0 amide bonds. The summed E-state index contributed by atoms with van der Waals surface area (Å²) in [6.07, 6.45) is 8.15. The predicted octanol–water partition coefficient (Wildman–Crippen LogP) is 4.27. The topological polar surface area (TPSA) is 17.1 Å². The molecule has 0 unspecified atom stereocenters. The van der Waals surface area contributed by atoms with Gasteiger partial charge in [0.2, 0.25) is 0 Å². The van der Waals surface area contributed by atoms with Crippen LogP contribution in [0.4, 0.5) is 0 Å². The zero-order chi connectivity index (χ0) is 10.8. The van der Waals surface area contributed by atoms with E-state index in [2.05, 4.69) is 20.4 Å². The van der Waals surface area contributed by atoms with Gasteiger partial charge >= 0.3 is 0 Å². The van der Waals surface area contributed by atoms with Crippen LogP contribution in [0.25, 0.3) is 0 Å². The molecule has 0 aliphatic heterocycles. The van der Waals surface area contributed by atoms with E-state index in [0.717, 1.165) is 24.8 Å². The zero-order valence-corrected chi connectivity index (χ0v) is 9.77. The Morgan fingerprint density at radius 1 is 1.00 bits per heavy atom. The van der Waals surface area contributed by atoms with Crippen LogP contribution in [0.2, 0.25) is 0 Å². The van der Waals surface area contributed by atoms with Crippen LogP contribution in [-0.2, 0) is 4.79 Å². The van der Waals surface area contributed by atoms with Gasteiger partial charge < -0.3 is 0 Å². The van der Waals surface area contributed by atoms with Crippen molar-refractivity contribution in [3.63, 3.8) is 0 Å². The highest BCUT2D eigenvalue weighted by molar-refractivity contribution is 5.80. The number of hydrogen-bond donors (Lipinski definition) is 0. The maximum absolute atomic E-state index is 11.4. The van der Waals surface area contributed by atoms with E-state index in [9.17, 15) is 4.79 Å². The molecule has 14 heavy (non-hydrogen) atoms. The Balaban J connectivity index is 3.45. The predicted molar refractivity (Wildman–Crippen MR) is 62.4 cm³/mol. The van der Waals surface area contributed by atoms with Crippen LogP contribution in [0, 0.1) is 0 Å². The molecule has 0 aliphatic carbocycles. The molecule has 0 radical (unpaired) electrons. The van der Waals surface area contributed by atoms with Gasteiger partial charge in [0.1, 0.15) is 5.78 Å². The first-order valence-corrected chi connectivity index (χ1v) is 5.89. The first-order valence-electron chi connectivity index (χ1n) is 5.89. The monoisotopic (exact) mass is 196 g/mol. The van der Waals surface area contributed by atoms with Crippen molar-refractivity contribution in [1.29, 1.82) is 0 Å². The summed E-state index contributed by atoms with van der Waals surface area (Å²) >= 11 is 0. The Labute approximate surface area is 88.6 Å². The van der Waals surface area contributed by atoms with E-state index >= 15 is 0 Å². The molecule has 0 saturated carbocycles. The van der Waals surface area contributed by atoms with Gasteiger partial charge in [0.15, 0.2) is 0 Å². The Hall–Kier alpha value is -0.590. The number of carbonyl (C=O) groups is 1. The van der Waals surface area contributed by atoms with Crippen LogP contribution < -0.4 is 0 Å². The fourth-order valence-corrected chi connectivity index (χ4v) is 1.45. The maximum atomic E-state index is 11.4. The molecule has 1 heteroatoms. The molecule has 0 aromatic rings. The molecular weight excluding hydrogens is 172 g/mol. The van der Waals surface area contributed by atoms with Crippen LogP contribution in [0.3, 0.4) is 0 Å². The van der Waals surface area contributed by atoms with E-state index in [-0.39, 0.29) is 0 Å². The third-order valence-corrected chi connectivity index (χ3v) is 2.39. The summed E-state index contributed by atoms with van der Waals surface area (Å²) in [7, 11) is 0. The molecule has 0 spiro atoms. The van der Waals surface area contributed by atoms with Gasteiger partial charge in [-0.1, -0.05) is 45.3 Å². The van der Waals surface area contributed by atoms with Gasteiger partial charge in [-0.05, 0) is 19.3 Å². The standard InChI is InChI=1S/C13H24O/c1-4-6-8-10-13(14)11-12(3)9-7-5-2/h3-11H2,1-2H3. The molecule has 0 saturated heterocycles. The fourth-order valence-electron chi connectivity index (χ4n) is 1.45. The lowest BCUT2D eigenvalue weighted by molar-refractivity contribution is -0.118. The van der Waals surface area contributed by atoms with Gasteiger partial charge in [0.05, 0.1) is 0 Å². The summed E-state index contributed by atoms with van der Waals surface area (Å²) in [5.74, 6) is 0.375. The summed E-state index contributed by atoms with van der Waals surface area (Å²) in [6.45, 7) is 8.26. The maximum Gasteiger partial charge on any atom is 0.136 e. The third-order valence-electron chi connectivity index (χ3n) is 2.39. The minimum absolute atomic E-state index is 0.375. The van der Waals surface area contributed by atoms with E-state index < -0.39 is 0 Å². The lowest BCUT2D eigenvalue weighted by Crippen LogP contribution is -1.99. The summed E-state index contributed by atoms with van der Waals surface area (Å²) in [4.78, 5) is 11.4. The lowest BCUT2D eigenvalue weighted by atomic mass is 10.0. The van der Waals surface area contributed by atoms with E-state index in [0.29, 0.717) is 12.2 Å². The van der Waals surface area contributed by atoms with Crippen molar-refractivity contribution >= 4 is 5.78 Å². The summed E-state index contributed by atoms with van der Waals surface area (Å²) in [6, 6.07) is 0. The van der Waals surface area contributed by atoms with Crippen LogP contribution in [0.5, 0.6) is 0 Å². The highest BCUT2D eigenvalue weighted by Gasteiger charge is 2.03. The SMILES string of the molecule is C=C(CCCC)CC(=O)CCCCC. The number of Topliss-reactive ketones (excluding diaryl/α,β-unsaturated/α-hetero) is 1. The van der Waals surface area contributed by atoms with Crippen molar-refractivity contribution in [2.75, 3.05) is 0 Å². The van der Waals surface area contributed by atoms with Crippen molar-refractivity contribution in [3.8, 4) is 0 Å². The Bertz CT molecular complexity index is 170. The van der Waals surface area contributed by atoms with Crippen LogP contribution >= 0.6 is 0 Å². The number of unbranched alkanes of at least 4 members (excludes halogenated alkanes) is 3. The average Bonchev–Trinajstić information content (AvgIpc) is 2.15. The summed E-state index contributed by atoms with van der Waals surface area (Å²) < 4.78 is 0. The summed E-state index contributed by atoms with van der Waals surface area (Å²) in [5.41, 5.74) is 1.12. The van der Waals surface area contributed by atoms with Crippen molar-refractivity contribution in [2.24, 2.45) is 0 Å². The second kappa shape index (κ2) is 8.98. The number of allylic oxidation sites excluding steroid dienone is 1. The number of rotatable bonds is 9. The normalized spacial score (nSPS) is 10.1. The average molecular weight is 196 g/mol. The number of carbonyl (C=O) groups excluding carboxylic acids is 1. The quantitative estimate of drug-likeness (QED) is 0.397. The number of ketones is 1. The Kier molecular flexibility index (Phi) is 8.61. The fraction of sp³-hybridized carbons (Fsp3) is 0.769. The first kappa shape index (κ1) is 13.4. The molecule has 0 fully saturated rings. The highest BCUT2D eigenvalue weighted by Crippen LogP contribution is 2.12. The van der Waals surface area contributed by atoms with Crippen molar-refractivity contribution < 1.29 is 4.79 Å². The van der Waals surface area contributed by atoms with Crippen molar-refractivity contribution in [1.82, 2.24) is 0 Å². The molecule has 0 rings (SSSR count). The molecule has 0 aromatic heterocycles. The summed E-state index contributed by atoms with van der Waals surface area (Å²) in [5, 5.41) is 0. The van der Waals surface area contributed by atoms with Gasteiger partial charge in [-0.25, -0.2) is 0 Å².